The van der Waals surface area contributed by atoms with Crippen LogP contribution in [0.25, 0.3) is 11.3 Å². The van der Waals surface area contributed by atoms with E-state index in [9.17, 15) is 27.2 Å². The van der Waals surface area contributed by atoms with Crippen molar-refractivity contribution >= 4 is 23.5 Å². The smallest absolute Gasteiger partial charge is 0.413 e. The number of hydrogen-bond donors (Lipinski definition) is 2. The molecule has 2 N–H and O–H groups in total. The Morgan fingerprint density at radius 1 is 1.08 bits per heavy atom. The summed E-state index contributed by atoms with van der Waals surface area (Å²) in [5.74, 6) is -2.95. The number of aromatic nitrogens is 4. The minimum atomic E-state index is -1.24. The molecule has 2 amide bonds. The second kappa shape index (κ2) is 8.28. The quantitative estimate of drug-likeness (QED) is 0.380. The van der Waals surface area contributed by atoms with Crippen LogP contribution in [0, 0.1) is 23.0 Å². The van der Waals surface area contributed by atoms with E-state index in [1.54, 1.807) is 0 Å². The summed E-state index contributed by atoms with van der Waals surface area (Å²) in [4.78, 5) is 32.2. The fourth-order valence-corrected chi connectivity index (χ4v) is 4.71. The van der Waals surface area contributed by atoms with Crippen LogP contribution in [0.3, 0.4) is 0 Å². The molecule has 0 spiro atoms. The van der Waals surface area contributed by atoms with Gasteiger partial charge in [0.15, 0.2) is 5.82 Å². The number of pyridine rings is 2. The van der Waals surface area contributed by atoms with Crippen molar-refractivity contribution < 1.29 is 31.9 Å². The SMILES string of the molecule is C[C@@H](OC(=O)Nc1c(-c2ncc(NC(=O)C34CC(F)(C3)C4)cc2F)cnn1C)c1cc(F)cnc1F. The lowest BCUT2D eigenvalue weighted by Crippen LogP contribution is -2.68. The van der Waals surface area contributed by atoms with Crippen molar-refractivity contribution in [3.8, 4) is 11.3 Å². The monoisotopic (exact) mass is 504 g/mol. The van der Waals surface area contributed by atoms with E-state index in [0.717, 1.165) is 12.1 Å². The molecule has 3 aliphatic rings. The molecular formula is C23H20F4N6O3. The van der Waals surface area contributed by atoms with Crippen molar-refractivity contribution in [2.24, 2.45) is 12.5 Å². The molecule has 3 aromatic rings. The van der Waals surface area contributed by atoms with E-state index in [2.05, 4.69) is 25.7 Å². The van der Waals surface area contributed by atoms with E-state index in [1.165, 1.54) is 31.0 Å². The Hall–Kier alpha value is -4.03. The summed E-state index contributed by atoms with van der Waals surface area (Å²) < 4.78 is 62.3. The lowest BCUT2D eigenvalue weighted by molar-refractivity contribution is -0.209. The molecular weight excluding hydrogens is 484 g/mol. The van der Waals surface area contributed by atoms with Crippen LogP contribution in [-0.2, 0) is 16.6 Å². The van der Waals surface area contributed by atoms with Gasteiger partial charge in [0.2, 0.25) is 11.9 Å². The molecule has 3 fully saturated rings. The van der Waals surface area contributed by atoms with Crippen molar-refractivity contribution in [1.29, 1.82) is 0 Å². The molecule has 3 saturated carbocycles. The van der Waals surface area contributed by atoms with Gasteiger partial charge in [-0.3, -0.25) is 19.8 Å². The van der Waals surface area contributed by atoms with E-state index in [1.807, 2.05) is 0 Å². The maximum absolute atomic E-state index is 15.0. The average molecular weight is 504 g/mol. The maximum atomic E-state index is 15.0. The number of nitrogens with one attached hydrogen (secondary N) is 2. The van der Waals surface area contributed by atoms with Crippen molar-refractivity contribution in [1.82, 2.24) is 19.7 Å². The molecule has 1 atom stereocenters. The first-order chi connectivity index (χ1) is 17.0. The van der Waals surface area contributed by atoms with Gasteiger partial charge >= 0.3 is 6.09 Å². The van der Waals surface area contributed by atoms with Crippen LogP contribution in [0.1, 0.15) is 37.9 Å². The fraction of sp³-hybridized carbons (Fsp3) is 0.348. The molecule has 9 nitrogen and oxygen atoms in total. The first kappa shape index (κ1) is 23.7. The minimum absolute atomic E-state index is 0.0235. The second-order valence-electron chi connectivity index (χ2n) is 9.21. The van der Waals surface area contributed by atoms with Gasteiger partial charge in [0.05, 0.1) is 40.8 Å². The standard InChI is InChI=1S/C23H20F4N6O3/c1-11(14-3-12(24)5-29-18(14)26)36-21(35)32-19-15(7-30-33(19)2)17-16(25)4-13(6-28-17)31-20(34)22-8-23(27,9-22)10-22/h3-7,11H,8-10H2,1-2H3,(H,31,34)(H,32,35)/t11-,22?,23?/m1/s1. The number of aryl methyl sites for hydroxylation is 1. The lowest BCUT2D eigenvalue weighted by atomic mass is 9.42. The number of rotatable bonds is 6. The number of amides is 2. The van der Waals surface area contributed by atoms with Crippen molar-refractivity contribution in [2.75, 3.05) is 10.6 Å². The Morgan fingerprint density at radius 3 is 2.47 bits per heavy atom. The predicted octanol–water partition coefficient (Wildman–Crippen LogP) is 4.43. The topological polar surface area (TPSA) is 111 Å². The highest BCUT2D eigenvalue weighted by atomic mass is 19.1. The highest BCUT2D eigenvalue weighted by Crippen LogP contribution is 2.69. The molecule has 3 aliphatic carbocycles. The Labute approximate surface area is 201 Å². The number of halogens is 4. The van der Waals surface area contributed by atoms with Crippen molar-refractivity contribution in [3.05, 3.63) is 53.9 Å². The van der Waals surface area contributed by atoms with Gasteiger partial charge in [-0.15, -0.1) is 0 Å². The molecule has 0 aliphatic heterocycles. The summed E-state index contributed by atoms with van der Waals surface area (Å²) in [6, 6.07) is 1.92. The number of alkyl halides is 1. The zero-order valence-electron chi connectivity index (χ0n) is 19.1. The molecule has 0 unspecified atom stereocenters. The highest BCUT2D eigenvalue weighted by molar-refractivity contribution is 5.98. The number of ether oxygens (including phenoxy) is 1. The van der Waals surface area contributed by atoms with Gasteiger partial charge in [-0.1, -0.05) is 0 Å². The Bertz CT molecular complexity index is 1370. The highest BCUT2D eigenvalue weighted by Gasteiger charge is 2.72. The average Bonchev–Trinajstić information content (AvgIpc) is 3.12. The minimum Gasteiger partial charge on any atom is -0.441 e. The van der Waals surface area contributed by atoms with Crippen molar-refractivity contribution in [3.63, 3.8) is 0 Å². The van der Waals surface area contributed by atoms with Gasteiger partial charge in [-0.2, -0.15) is 9.49 Å². The third-order valence-corrected chi connectivity index (χ3v) is 6.52. The number of hydrogen-bond acceptors (Lipinski definition) is 6. The molecule has 36 heavy (non-hydrogen) atoms. The molecule has 0 radical (unpaired) electrons. The summed E-state index contributed by atoms with van der Waals surface area (Å²) in [6.07, 6.45) is 1.48. The van der Waals surface area contributed by atoms with Gasteiger partial charge in [0, 0.05) is 13.1 Å². The van der Waals surface area contributed by atoms with Gasteiger partial charge in [-0.05, 0) is 32.3 Å². The molecule has 3 heterocycles. The summed E-state index contributed by atoms with van der Waals surface area (Å²) in [5.41, 5.74) is -2.19. The third-order valence-electron chi connectivity index (χ3n) is 6.52. The lowest BCUT2D eigenvalue weighted by Gasteiger charge is -2.64. The van der Waals surface area contributed by atoms with E-state index in [-0.39, 0.29) is 53.5 Å². The van der Waals surface area contributed by atoms with Crippen LogP contribution in [-0.4, -0.2) is 37.4 Å². The van der Waals surface area contributed by atoms with Crippen LogP contribution in [0.4, 0.5) is 33.9 Å². The summed E-state index contributed by atoms with van der Waals surface area (Å²) >= 11 is 0. The molecule has 13 heteroatoms. The molecule has 0 saturated heterocycles. The number of carbonyl (C=O) groups is 2. The van der Waals surface area contributed by atoms with Crippen molar-refractivity contribution in [2.45, 2.75) is 38.0 Å². The molecule has 188 valence electrons. The van der Waals surface area contributed by atoms with Crippen LogP contribution in [0.2, 0.25) is 0 Å². The van der Waals surface area contributed by atoms with E-state index in [0.29, 0.717) is 6.20 Å². The Balaban J connectivity index is 1.29. The van der Waals surface area contributed by atoms with Crippen LogP contribution >= 0.6 is 0 Å². The largest absolute Gasteiger partial charge is 0.441 e. The van der Waals surface area contributed by atoms with Gasteiger partial charge < -0.3 is 10.1 Å². The number of carbonyl (C=O) groups excluding carboxylic acids is 2. The predicted molar refractivity (Wildman–Crippen MR) is 118 cm³/mol. The van der Waals surface area contributed by atoms with Crippen LogP contribution in [0.15, 0.2) is 30.7 Å². The first-order valence-corrected chi connectivity index (χ1v) is 11.0. The maximum Gasteiger partial charge on any atom is 0.413 e. The Morgan fingerprint density at radius 2 is 1.81 bits per heavy atom. The van der Waals surface area contributed by atoms with E-state index in [4.69, 9.17) is 4.74 Å². The third kappa shape index (κ3) is 4.03. The van der Waals surface area contributed by atoms with E-state index < -0.39 is 40.9 Å². The fourth-order valence-electron chi connectivity index (χ4n) is 4.71. The molecule has 2 bridgehead atoms. The van der Waals surface area contributed by atoms with Gasteiger partial charge in [-0.25, -0.2) is 22.9 Å². The van der Waals surface area contributed by atoms with E-state index >= 15 is 0 Å². The first-order valence-electron chi connectivity index (χ1n) is 11.0. The van der Waals surface area contributed by atoms with Gasteiger partial charge in [0.25, 0.3) is 0 Å². The molecule has 3 aromatic heterocycles. The van der Waals surface area contributed by atoms with Gasteiger partial charge in [0.1, 0.15) is 29.1 Å². The summed E-state index contributed by atoms with van der Waals surface area (Å²) in [6.45, 7) is 1.33. The second-order valence-corrected chi connectivity index (χ2v) is 9.21. The normalized spacial score (nSPS) is 22.7. The summed E-state index contributed by atoms with van der Waals surface area (Å²) in [5, 5.41) is 8.98. The van der Waals surface area contributed by atoms with Crippen LogP contribution < -0.4 is 10.6 Å². The zero-order chi connectivity index (χ0) is 25.8. The number of anilines is 2. The molecule has 6 rings (SSSR count). The molecule has 0 aromatic carbocycles. The van der Waals surface area contributed by atoms with Crippen LogP contribution in [0.5, 0.6) is 0 Å². The number of nitrogens with zero attached hydrogens (tertiary/aromatic N) is 4. The summed E-state index contributed by atoms with van der Waals surface area (Å²) in [7, 11) is 1.48. The zero-order valence-corrected chi connectivity index (χ0v) is 19.1. The Kier molecular flexibility index (Phi) is 5.45.